The van der Waals surface area contributed by atoms with Gasteiger partial charge in [0, 0.05) is 6.20 Å². The number of nitrogens with one attached hydrogen (secondary N) is 1. The summed E-state index contributed by atoms with van der Waals surface area (Å²) >= 11 is 1.77. The number of hydrogen-bond donors (Lipinski definition) is 1. The number of aromatic nitrogens is 1. The molecule has 0 radical (unpaired) electrons. The van der Waals surface area contributed by atoms with Crippen LogP contribution >= 0.6 is 11.3 Å². The van der Waals surface area contributed by atoms with E-state index >= 15 is 0 Å². The third-order valence-corrected chi connectivity index (χ3v) is 4.75. The fourth-order valence-electron chi connectivity index (χ4n) is 2.89. The third-order valence-electron chi connectivity index (χ3n) is 3.89. The molecule has 0 spiro atoms. The van der Waals surface area contributed by atoms with Crippen LogP contribution in [0.15, 0.2) is 35.4 Å². The van der Waals surface area contributed by atoms with Gasteiger partial charge >= 0.3 is 0 Å². The van der Waals surface area contributed by atoms with Crippen LogP contribution in [0, 0.1) is 0 Å². The summed E-state index contributed by atoms with van der Waals surface area (Å²) < 4.78 is 1.28. The Morgan fingerprint density at radius 2 is 2.26 bits per heavy atom. The van der Waals surface area contributed by atoms with E-state index in [0.717, 1.165) is 5.52 Å². The van der Waals surface area contributed by atoms with Gasteiger partial charge < -0.3 is 5.32 Å². The molecule has 0 aliphatic heterocycles. The van der Waals surface area contributed by atoms with Crippen LogP contribution < -0.4 is 5.32 Å². The van der Waals surface area contributed by atoms with Gasteiger partial charge in [-0.05, 0) is 55.8 Å². The molecular weight excluding hydrogens is 252 g/mol. The molecule has 2 nitrogen and oxygen atoms in total. The van der Waals surface area contributed by atoms with Crippen molar-refractivity contribution in [3.05, 3.63) is 40.9 Å². The van der Waals surface area contributed by atoms with Crippen molar-refractivity contribution in [1.82, 2.24) is 10.3 Å². The molecule has 19 heavy (non-hydrogen) atoms. The number of fused-ring (bicyclic) bond motifs is 1. The molecule has 2 aromatic heterocycles. The molecule has 0 bridgehead atoms. The van der Waals surface area contributed by atoms with Crippen LogP contribution in [0.5, 0.6) is 0 Å². The van der Waals surface area contributed by atoms with E-state index in [2.05, 4.69) is 40.9 Å². The lowest BCUT2D eigenvalue weighted by atomic mass is 9.96. The highest BCUT2D eigenvalue weighted by atomic mass is 32.1. The second-order valence-corrected chi connectivity index (χ2v) is 6.12. The zero-order valence-corrected chi connectivity index (χ0v) is 12.2. The average molecular weight is 272 g/mol. The fraction of sp³-hybridized carbons (Fsp3) is 0.438. The largest absolute Gasteiger partial charge is 0.310 e. The van der Waals surface area contributed by atoms with Crippen molar-refractivity contribution in [2.45, 2.75) is 38.1 Å². The molecule has 1 aliphatic carbocycles. The zero-order valence-electron chi connectivity index (χ0n) is 11.4. The highest BCUT2D eigenvalue weighted by molar-refractivity contribution is 7.17. The van der Waals surface area contributed by atoms with E-state index in [1.807, 2.05) is 6.20 Å². The van der Waals surface area contributed by atoms with Crippen LogP contribution in [0.25, 0.3) is 10.2 Å². The topological polar surface area (TPSA) is 24.9 Å². The predicted molar refractivity (Wildman–Crippen MR) is 82.6 cm³/mol. The fourth-order valence-corrected chi connectivity index (χ4v) is 3.68. The van der Waals surface area contributed by atoms with E-state index in [-0.39, 0.29) is 0 Å². The first-order valence-electron chi connectivity index (χ1n) is 7.08. The minimum Gasteiger partial charge on any atom is -0.310 e. The number of allylic oxidation sites excluding steroid dienone is 1. The van der Waals surface area contributed by atoms with Gasteiger partial charge in [0.25, 0.3) is 0 Å². The zero-order chi connectivity index (χ0) is 13.1. The van der Waals surface area contributed by atoms with Crippen LogP contribution in [0.4, 0.5) is 0 Å². The summed E-state index contributed by atoms with van der Waals surface area (Å²) in [6.07, 6.45) is 10.9. The van der Waals surface area contributed by atoms with Crippen molar-refractivity contribution in [1.29, 1.82) is 0 Å². The van der Waals surface area contributed by atoms with Gasteiger partial charge in [-0.1, -0.05) is 18.1 Å². The number of likely N-dealkylation sites (N-methyl/N-ethyl adjacent to an activating group) is 1. The Kier molecular flexibility index (Phi) is 3.95. The molecule has 2 heterocycles. The second-order valence-electron chi connectivity index (χ2n) is 5.17. The molecule has 0 saturated carbocycles. The van der Waals surface area contributed by atoms with Crippen molar-refractivity contribution in [2.24, 2.45) is 0 Å². The lowest BCUT2D eigenvalue weighted by molar-refractivity contribution is 0.628. The van der Waals surface area contributed by atoms with Gasteiger partial charge in [-0.25, -0.2) is 0 Å². The smallest absolute Gasteiger partial charge is 0.0809 e. The van der Waals surface area contributed by atoms with Gasteiger partial charge in [-0.15, -0.1) is 11.3 Å². The Morgan fingerprint density at radius 3 is 3.16 bits per heavy atom. The van der Waals surface area contributed by atoms with E-state index in [9.17, 15) is 0 Å². The van der Waals surface area contributed by atoms with Crippen LogP contribution in [-0.4, -0.2) is 12.0 Å². The van der Waals surface area contributed by atoms with E-state index in [1.54, 1.807) is 11.3 Å². The lowest BCUT2D eigenvalue weighted by Gasteiger charge is -2.20. The number of pyridine rings is 1. The standard InChI is InChI=1S/C16H20N2S/c1-17-16(12-6-4-2-3-5-7-12)13-10-15-14(18-11-13)8-9-19-15/h6,8-11,16-17H,2-5,7H2,1H3. The molecule has 1 aliphatic rings. The molecule has 0 fully saturated rings. The predicted octanol–water partition coefficient (Wildman–Crippen LogP) is 4.45. The molecule has 2 aromatic rings. The Bertz CT molecular complexity index is 585. The van der Waals surface area contributed by atoms with E-state index in [1.165, 1.54) is 47.9 Å². The number of thiophene rings is 1. The summed E-state index contributed by atoms with van der Waals surface area (Å²) in [5, 5.41) is 5.58. The molecular formula is C16H20N2S. The normalized spacial score (nSPS) is 18.1. The SMILES string of the molecule is CNC(C1=CCCCCC1)c1cnc2ccsc2c1. The van der Waals surface area contributed by atoms with Crippen molar-refractivity contribution in [3.8, 4) is 0 Å². The van der Waals surface area contributed by atoms with Gasteiger partial charge in [0.05, 0.1) is 16.3 Å². The van der Waals surface area contributed by atoms with Crippen LogP contribution in [0.2, 0.25) is 0 Å². The van der Waals surface area contributed by atoms with E-state index in [0.29, 0.717) is 6.04 Å². The summed E-state index contributed by atoms with van der Waals surface area (Å²) in [6, 6.07) is 4.71. The highest BCUT2D eigenvalue weighted by Crippen LogP contribution is 2.30. The van der Waals surface area contributed by atoms with Gasteiger partial charge in [0.1, 0.15) is 0 Å². The number of rotatable bonds is 3. The van der Waals surface area contributed by atoms with Gasteiger partial charge in [-0.2, -0.15) is 0 Å². The number of hydrogen-bond acceptors (Lipinski definition) is 3. The Hall–Kier alpha value is -1.19. The molecule has 1 N–H and O–H groups in total. The molecule has 3 heteroatoms. The Labute approximate surface area is 118 Å². The number of nitrogens with zero attached hydrogens (tertiary/aromatic N) is 1. The second kappa shape index (κ2) is 5.85. The van der Waals surface area contributed by atoms with Crippen LogP contribution in [-0.2, 0) is 0 Å². The lowest BCUT2D eigenvalue weighted by Crippen LogP contribution is -2.18. The molecule has 3 rings (SSSR count). The molecule has 1 unspecified atom stereocenters. The molecule has 0 saturated heterocycles. The third kappa shape index (κ3) is 2.72. The van der Waals surface area contributed by atoms with Gasteiger partial charge in [0.2, 0.25) is 0 Å². The molecule has 0 amide bonds. The molecule has 0 aromatic carbocycles. The van der Waals surface area contributed by atoms with Crippen molar-refractivity contribution in [2.75, 3.05) is 7.05 Å². The monoisotopic (exact) mass is 272 g/mol. The first kappa shape index (κ1) is 12.8. The van der Waals surface area contributed by atoms with Crippen LogP contribution in [0.1, 0.15) is 43.7 Å². The summed E-state index contributed by atoms with van der Waals surface area (Å²) in [5.41, 5.74) is 3.95. The first-order valence-corrected chi connectivity index (χ1v) is 7.96. The molecule has 100 valence electrons. The average Bonchev–Trinajstić information content (AvgIpc) is 2.74. The maximum Gasteiger partial charge on any atom is 0.0809 e. The van der Waals surface area contributed by atoms with Crippen molar-refractivity contribution >= 4 is 21.6 Å². The highest BCUT2D eigenvalue weighted by Gasteiger charge is 2.16. The first-order chi connectivity index (χ1) is 9.38. The van der Waals surface area contributed by atoms with Gasteiger partial charge in [-0.3, -0.25) is 4.98 Å². The minimum atomic E-state index is 0.331. The van der Waals surface area contributed by atoms with E-state index in [4.69, 9.17) is 0 Å². The molecule has 1 atom stereocenters. The Morgan fingerprint density at radius 1 is 1.32 bits per heavy atom. The maximum atomic E-state index is 4.57. The van der Waals surface area contributed by atoms with E-state index < -0.39 is 0 Å². The summed E-state index contributed by atoms with van der Waals surface area (Å²) in [5.74, 6) is 0. The van der Waals surface area contributed by atoms with Gasteiger partial charge in [0.15, 0.2) is 0 Å². The quantitative estimate of drug-likeness (QED) is 0.835. The van der Waals surface area contributed by atoms with Crippen molar-refractivity contribution in [3.63, 3.8) is 0 Å². The Balaban J connectivity index is 1.93. The summed E-state index contributed by atoms with van der Waals surface area (Å²) in [4.78, 5) is 4.57. The van der Waals surface area contributed by atoms with Crippen LogP contribution in [0.3, 0.4) is 0 Å². The summed E-state index contributed by atoms with van der Waals surface area (Å²) in [6.45, 7) is 0. The van der Waals surface area contributed by atoms with Crippen molar-refractivity contribution < 1.29 is 0 Å². The maximum absolute atomic E-state index is 4.57. The minimum absolute atomic E-state index is 0.331. The summed E-state index contributed by atoms with van der Waals surface area (Å²) in [7, 11) is 2.05.